The highest BCUT2D eigenvalue weighted by molar-refractivity contribution is 5.89. The van der Waals surface area contributed by atoms with E-state index in [0.717, 1.165) is 0 Å². The zero-order valence-electron chi connectivity index (χ0n) is 30.5. The van der Waals surface area contributed by atoms with Crippen molar-refractivity contribution >= 4 is 11.9 Å². The number of hydrogen-bond donors (Lipinski definition) is 2. The number of ether oxygens (including phenoxy) is 6. The van der Waals surface area contributed by atoms with Crippen molar-refractivity contribution in [3.8, 4) is 0 Å². The van der Waals surface area contributed by atoms with Gasteiger partial charge in [-0.25, -0.2) is 9.59 Å². The summed E-state index contributed by atoms with van der Waals surface area (Å²) in [6, 6.07) is 8.53. The smallest absolute Gasteiger partial charge is 0.340 e. The number of aliphatic hydroxyl groups is 1. The number of rotatable bonds is 17. The van der Waals surface area contributed by atoms with Gasteiger partial charge in [-0.15, -0.1) is 6.58 Å². The molecule has 0 spiro atoms. The van der Waals surface area contributed by atoms with Gasteiger partial charge in [-0.05, 0) is 78.7 Å². The van der Waals surface area contributed by atoms with Crippen LogP contribution in [-0.4, -0.2) is 104 Å². The van der Waals surface area contributed by atoms with Gasteiger partial charge in [0.05, 0.1) is 41.6 Å². The van der Waals surface area contributed by atoms with Crippen LogP contribution in [0.2, 0.25) is 0 Å². The van der Waals surface area contributed by atoms with Crippen molar-refractivity contribution in [3.63, 3.8) is 0 Å². The molecule has 270 valence electrons. The Balaban J connectivity index is 2.05. The number of methoxy groups -OCH3 is 1. The van der Waals surface area contributed by atoms with E-state index >= 15 is 0 Å². The summed E-state index contributed by atoms with van der Waals surface area (Å²) in [7, 11) is 5.53. The Morgan fingerprint density at radius 1 is 1.23 bits per heavy atom. The fourth-order valence-corrected chi connectivity index (χ4v) is 6.67. The van der Waals surface area contributed by atoms with Gasteiger partial charge in [-0.2, -0.15) is 0 Å². The van der Waals surface area contributed by atoms with E-state index in [2.05, 4.69) is 18.8 Å². The third-order valence-corrected chi connectivity index (χ3v) is 9.27. The van der Waals surface area contributed by atoms with Crippen molar-refractivity contribution in [3.05, 3.63) is 59.9 Å². The minimum Gasteiger partial charge on any atom is -0.456 e. The van der Waals surface area contributed by atoms with Crippen molar-refractivity contribution in [1.82, 2.24) is 10.2 Å². The lowest BCUT2D eigenvalue weighted by Gasteiger charge is -2.48. The van der Waals surface area contributed by atoms with Gasteiger partial charge in [0.25, 0.3) is 0 Å². The number of cyclic esters (lactones) is 1. The van der Waals surface area contributed by atoms with Crippen molar-refractivity contribution in [1.29, 1.82) is 0 Å². The lowest BCUT2D eigenvalue weighted by atomic mass is 9.80. The largest absolute Gasteiger partial charge is 0.456 e. The number of esters is 2. The van der Waals surface area contributed by atoms with E-state index in [4.69, 9.17) is 28.4 Å². The number of likely N-dealkylation sites (N-methyl/N-ethyl adjacent to an activating group) is 1. The van der Waals surface area contributed by atoms with Crippen LogP contribution in [0.15, 0.2) is 54.3 Å². The molecule has 1 fully saturated rings. The molecule has 2 aliphatic rings. The second-order valence-electron chi connectivity index (χ2n) is 14.2. The number of hydrogen-bond acceptors (Lipinski definition) is 11. The number of nitrogens with one attached hydrogen (secondary N) is 1. The average molecular weight is 675 g/mol. The molecule has 9 atom stereocenters. The molecular formula is C37H58N2O9. The minimum atomic E-state index is -1.19. The van der Waals surface area contributed by atoms with Gasteiger partial charge in [0.15, 0.2) is 12.4 Å². The maximum Gasteiger partial charge on any atom is 0.340 e. The molecule has 1 aromatic rings. The van der Waals surface area contributed by atoms with Crippen molar-refractivity contribution in [2.45, 2.75) is 116 Å². The fourth-order valence-electron chi connectivity index (χ4n) is 6.67. The molecule has 1 aromatic carbocycles. The van der Waals surface area contributed by atoms with E-state index in [9.17, 15) is 14.7 Å². The van der Waals surface area contributed by atoms with Crippen LogP contribution in [0, 0.1) is 11.8 Å². The third-order valence-electron chi connectivity index (χ3n) is 9.27. The Hall–Kier alpha value is -2.80. The van der Waals surface area contributed by atoms with Crippen molar-refractivity contribution < 1.29 is 43.1 Å². The van der Waals surface area contributed by atoms with Gasteiger partial charge in [0.2, 0.25) is 5.79 Å². The van der Waals surface area contributed by atoms with Gasteiger partial charge in [-0.1, -0.05) is 38.1 Å². The minimum absolute atomic E-state index is 0.00690. The van der Waals surface area contributed by atoms with Crippen LogP contribution < -0.4 is 5.32 Å². The van der Waals surface area contributed by atoms with Gasteiger partial charge in [0, 0.05) is 32.9 Å². The molecule has 0 saturated carbocycles. The predicted molar refractivity (Wildman–Crippen MR) is 183 cm³/mol. The summed E-state index contributed by atoms with van der Waals surface area (Å²) in [5.74, 6) is -2.14. The first-order chi connectivity index (χ1) is 22.5. The maximum absolute atomic E-state index is 13.4. The normalized spacial score (nSPS) is 26.5. The summed E-state index contributed by atoms with van der Waals surface area (Å²) in [5, 5.41) is 13.2. The number of benzene rings is 1. The number of carbonyl (C=O) groups excluding carboxylic acids is 2. The quantitative estimate of drug-likeness (QED) is 0.174. The Kier molecular flexibility index (Phi) is 14.2. The average Bonchev–Trinajstić information content (AvgIpc) is 3.04. The second kappa shape index (κ2) is 17.2. The van der Waals surface area contributed by atoms with Gasteiger partial charge in [0.1, 0.15) is 5.76 Å². The molecule has 0 unspecified atom stereocenters. The highest BCUT2D eigenvalue weighted by atomic mass is 16.7. The van der Waals surface area contributed by atoms with Crippen LogP contribution >= 0.6 is 0 Å². The molecule has 48 heavy (non-hydrogen) atoms. The molecule has 11 heteroatoms. The molecule has 0 bridgehead atoms. The molecule has 1 saturated heterocycles. The molecule has 2 N–H and O–H groups in total. The SMILES string of the molecule is C=CC[C@@H](CO)NC[C@H](C)C[C@@](C)(OC)[C@H](O[C@@H]1O[C@H](C)C[C@H](N(C)C)[C@H]1OC(=O)c1ccccc1)[C@@H](C)C1=C(C)C(=O)OC(C)(C)O1. The number of aliphatic hydroxyl groups excluding tert-OH is 1. The summed E-state index contributed by atoms with van der Waals surface area (Å²) >= 11 is 0. The molecule has 0 aromatic heterocycles. The van der Waals surface area contributed by atoms with Crippen molar-refractivity contribution in [2.75, 3.05) is 34.4 Å². The van der Waals surface area contributed by atoms with Crippen LogP contribution in [0.25, 0.3) is 0 Å². The first kappa shape index (κ1) is 39.6. The molecular weight excluding hydrogens is 616 g/mol. The van der Waals surface area contributed by atoms with Gasteiger partial charge < -0.3 is 43.7 Å². The highest BCUT2D eigenvalue weighted by Gasteiger charge is 2.50. The zero-order chi connectivity index (χ0) is 35.8. The molecule has 0 amide bonds. The molecule has 2 aliphatic heterocycles. The van der Waals surface area contributed by atoms with Crippen LogP contribution in [0.1, 0.15) is 78.1 Å². The van der Waals surface area contributed by atoms with E-state index in [1.54, 1.807) is 58.2 Å². The maximum atomic E-state index is 13.4. The fraction of sp³-hybridized carbons (Fsp3) is 0.676. The van der Waals surface area contributed by atoms with E-state index < -0.39 is 47.7 Å². The topological polar surface area (TPSA) is 125 Å². The summed E-state index contributed by atoms with van der Waals surface area (Å²) in [4.78, 5) is 28.4. The highest BCUT2D eigenvalue weighted by Crippen LogP contribution is 2.41. The predicted octanol–water partition coefficient (Wildman–Crippen LogP) is 4.84. The second-order valence-corrected chi connectivity index (χ2v) is 14.2. The Morgan fingerprint density at radius 3 is 2.48 bits per heavy atom. The van der Waals surface area contributed by atoms with Gasteiger partial charge >= 0.3 is 11.9 Å². The Morgan fingerprint density at radius 2 is 1.90 bits per heavy atom. The number of carbonyl (C=O) groups is 2. The van der Waals surface area contributed by atoms with E-state index in [-0.39, 0.29) is 30.7 Å². The molecule has 0 radical (unpaired) electrons. The first-order valence-corrected chi connectivity index (χ1v) is 16.9. The van der Waals surface area contributed by atoms with E-state index in [1.165, 1.54) is 0 Å². The van der Waals surface area contributed by atoms with E-state index in [1.807, 2.05) is 45.8 Å². The summed E-state index contributed by atoms with van der Waals surface area (Å²) < 4.78 is 37.8. The summed E-state index contributed by atoms with van der Waals surface area (Å²) in [5.41, 5.74) is -0.174. The monoisotopic (exact) mass is 674 g/mol. The Labute approximate surface area is 286 Å². The van der Waals surface area contributed by atoms with Gasteiger partial charge in [-0.3, -0.25) is 0 Å². The molecule has 2 heterocycles. The molecule has 3 rings (SSSR count). The van der Waals surface area contributed by atoms with Crippen LogP contribution in [-0.2, 0) is 33.2 Å². The molecule has 11 nitrogen and oxygen atoms in total. The standard InChI is InChI=1S/C37H58N2O9/c1-12-16-28(22-40)38-21-23(2)20-37(8,43-11)32(25(4)30-26(5)33(41)48-36(6,7)47-30)46-35-31(29(39(9)10)19-24(3)44-35)45-34(42)27-17-14-13-15-18-27/h12-15,17-18,23-25,28-29,31-32,35,38,40H,1,16,19-22H2,2-11H3/t23-,24-,25+,28+,29+,31-,32-,35+,37-/m1/s1. The lowest BCUT2D eigenvalue weighted by molar-refractivity contribution is -0.298. The lowest BCUT2D eigenvalue weighted by Crippen LogP contribution is -2.59. The number of nitrogens with zero attached hydrogens (tertiary/aromatic N) is 1. The van der Waals surface area contributed by atoms with Crippen LogP contribution in [0.3, 0.4) is 0 Å². The summed E-state index contributed by atoms with van der Waals surface area (Å²) in [6.07, 6.45) is 0.866. The Bertz CT molecular complexity index is 1250. The van der Waals surface area contributed by atoms with Crippen molar-refractivity contribution in [2.24, 2.45) is 11.8 Å². The first-order valence-electron chi connectivity index (χ1n) is 16.9. The molecule has 0 aliphatic carbocycles. The third kappa shape index (κ3) is 10.1. The summed E-state index contributed by atoms with van der Waals surface area (Å²) in [6.45, 7) is 17.4. The zero-order valence-corrected chi connectivity index (χ0v) is 30.5. The van der Waals surface area contributed by atoms with Crippen LogP contribution in [0.4, 0.5) is 0 Å². The van der Waals surface area contributed by atoms with Crippen LogP contribution in [0.5, 0.6) is 0 Å². The van der Waals surface area contributed by atoms with E-state index in [0.29, 0.717) is 42.7 Å².